The van der Waals surface area contributed by atoms with Crippen LogP contribution in [-0.4, -0.2) is 24.9 Å². The van der Waals surface area contributed by atoms with E-state index in [0.717, 1.165) is 29.9 Å². The molecule has 0 saturated heterocycles. The van der Waals surface area contributed by atoms with Crippen LogP contribution in [0, 0.1) is 0 Å². The van der Waals surface area contributed by atoms with Crippen molar-refractivity contribution in [3.63, 3.8) is 0 Å². The minimum atomic E-state index is -0.791. The van der Waals surface area contributed by atoms with Gasteiger partial charge in [0.2, 0.25) is 0 Å². The van der Waals surface area contributed by atoms with Gasteiger partial charge in [-0.05, 0) is 18.4 Å². The second kappa shape index (κ2) is 7.45. The molecule has 4 rings (SSSR count). The van der Waals surface area contributed by atoms with E-state index < -0.39 is 6.10 Å². The number of aliphatic hydroxyl groups is 1. The van der Waals surface area contributed by atoms with Crippen molar-refractivity contribution in [1.29, 1.82) is 0 Å². The second-order valence-corrected chi connectivity index (χ2v) is 7.31. The average molecular weight is 354 g/mol. The maximum absolute atomic E-state index is 10.7. The van der Waals surface area contributed by atoms with Gasteiger partial charge in [0.05, 0.1) is 23.7 Å². The highest BCUT2D eigenvalue weighted by atomic mass is 32.1. The molecule has 0 aliphatic heterocycles. The molecule has 1 aromatic carbocycles. The number of aliphatic hydroxyl groups excluding tert-OH is 1. The number of benzene rings is 1. The van der Waals surface area contributed by atoms with Crippen LogP contribution in [0.4, 0.5) is 0 Å². The maximum atomic E-state index is 10.7. The van der Waals surface area contributed by atoms with E-state index in [9.17, 15) is 5.11 Å². The van der Waals surface area contributed by atoms with Crippen LogP contribution in [0.15, 0.2) is 41.2 Å². The van der Waals surface area contributed by atoms with Gasteiger partial charge in [0.1, 0.15) is 11.9 Å². The minimum absolute atomic E-state index is 0.381. The Morgan fingerprint density at radius 2 is 1.96 bits per heavy atom. The predicted molar refractivity (Wildman–Crippen MR) is 97.6 cm³/mol. The number of hydrogen-bond acceptors (Lipinski definition) is 5. The van der Waals surface area contributed by atoms with Crippen LogP contribution in [0.3, 0.4) is 0 Å². The first-order chi connectivity index (χ1) is 12.3. The molecular formula is C19H22N4OS. The highest BCUT2D eigenvalue weighted by Crippen LogP contribution is 2.30. The molecule has 1 atom stereocenters. The topological polar surface area (TPSA) is 63.8 Å². The van der Waals surface area contributed by atoms with Gasteiger partial charge in [-0.15, -0.1) is 11.3 Å². The zero-order valence-electron chi connectivity index (χ0n) is 14.1. The molecule has 1 N–H and O–H groups in total. The molecule has 3 aromatic rings. The van der Waals surface area contributed by atoms with Crippen LogP contribution in [0.25, 0.3) is 0 Å². The summed E-state index contributed by atoms with van der Waals surface area (Å²) < 4.78 is 2.06. The van der Waals surface area contributed by atoms with Crippen molar-refractivity contribution in [2.75, 3.05) is 0 Å². The number of rotatable bonds is 5. The van der Waals surface area contributed by atoms with Gasteiger partial charge in [-0.25, -0.2) is 14.6 Å². The highest BCUT2D eigenvalue weighted by Gasteiger charge is 2.24. The molecule has 1 aliphatic rings. The average Bonchev–Trinajstić information content (AvgIpc) is 3.33. The van der Waals surface area contributed by atoms with Crippen molar-refractivity contribution in [2.24, 2.45) is 0 Å². The minimum Gasteiger partial charge on any atom is -0.380 e. The quantitative estimate of drug-likeness (QED) is 0.754. The van der Waals surface area contributed by atoms with Gasteiger partial charge in [0.15, 0.2) is 5.82 Å². The molecule has 1 aliphatic carbocycles. The van der Waals surface area contributed by atoms with E-state index >= 15 is 0 Å². The fourth-order valence-corrected chi connectivity index (χ4v) is 4.06. The number of thiazole rings is 1. The lowest BCUT2D eigenvalue weighted by Gasteiger charge is -2.23. The van der Waals surface area contributed by atoms with E-state index in [2.05, 4.69) is 9.67 Å². The molecule has 2 heterocycles. The Hall–Kier alpha value is -2.05. The van der Waals surface area contributed by atoms with Crippen LogP contribution < -0.4 is 0 Å². The Balaban J connectivity index is 1.67. The lowest BCUT2D eigenvalue weighted by molar-refractivity contribution is 0.208. The van der Waals surface area contributed by atoms with E-state index in [-0.39, 0.29) is 0 Å². The van der Waals surface area contributed by atoms with Gasteiger partial charge in [-0.1, -0.05) is 49.6 Å². The Bertz CT molecular complexity index is 794. The molecule has 25 heavy (non-hydrogen) atoms. The van der Waals surface area contributed by atoms with Crippen LogP contribution in [-0.2, 0) is 6.42 Å². The van der Waals surface area contributed by atoms with E-state index in [0.29, 0.717) is 18.3 Å². The van der Waals surface area contributed by atoms with Crippen LogP contribution in [0.1, 0.15) is 67.2 Å². The molecular weight excluding hydrogens is 332 g/mol. The van der Waals surface area contributed by atoms with Crippen molar-refractivity contribution in [3.8, 4) is 0 Å². The Morgan fingerprint density at radius 3 is 2.68 bits per heavy atom. The van der Waals surface area contributed by atoms with Crippen molar-refractivity contribution >= 4 is 11.3 Å². The number of hydrogen-bond donors (Lipinski definition) is 1. The third-order valence-electron chi connectivity index (χ3n) is 4.82. The van der Waals surface area contributed by atoms with Gasteiger partial charge in [-0.2, -0.15) is 5.10 Å². The molecule has 0 radical (unpaired) electrons. The summed E-state index contributed by atoms with van der Waals surface area (Å²) in [5.41, 5.74) is 3.68. The first-order valence-electron chi connectivity index (χ1n) is 8.86. The number of aromatic nitrogens is 4. The summed E-state index contributed by atoms with van der Waals surface area (Å²) in [6.45, 7) is 0. The Labute approximate surface area is 151 Å². The summed E-state index contributed by atoms with van der Waals surface area (Å²) in [6.07, 6.45) is 5.90. The largest absolute Gasteiger partial charge is 0.380 e. The third kappa shape index (κ3) is 3.65. The molecule has 1 fully saturated rings. The van der Waals surface area contributed by atoms with Crippen LogP contribution in [0.2, 0.25) is 0 Å². The molecule has 6 heteroatoms. The first-order valence-corrected chi connectivity index (χ1v) is 9.81. The van der Waals surface area contributed by atoms with Crippen LogP contribution >= 0.6 is 11.3 Å². The molecule has 0 bridgehead atoms. The molecule has 5 nitrogen and oxygen atoms in total. The zero-order chi connectivity index (χ0) is 17.1. The van der Waals surface area contributed by atoms with E-state index in [1.165, 1.54) is 19.3 Å². The summed E-state index contributed by atoms with van der Waals surface area (Å²) in [5, 5.41) is 17.5. The van der Waals surface area contributed by atoms with E-state index in [1.54, 1.807) is 11.3 Å². The highest BCUT2D eigenvalue weighted by molar-refractivity contribution is 7.07. The van der Waals surface area contributed by atoms with Gasteiger partial charge in [-0.3, -0.25) is 0 Å². The second-order valence-electron chi connectivity index (χ2n) is 6.59. The van der Waals surface area contributed by atoms with E-state index in [4.69, 9.17) is 10.1 Å². The summed E-state index contributed by atoms with van der Waals surface area (Å²) in [6, 6.07) is 9.99. The van der Waals surface area contributed by atoms with E-state index in [1.807, 2.05) is 41.2 Å². The fourth-order valence-electron chi connectivity index (χ4n) is 3.50. The fraction of sp³-hybridized carbons (Fsp3) is 0.421. The Kier molecular flexibility index (Phi) is 4.90. The van der Waals surface area contributed by atoms with Crippen molar-refractivity contribution in [2.45, 2.75) is 50.7 Å². The lowest BCUT2D eigenvalue weighted by atomic mass is 9.95. The molecule has 0 spiro atoms. The number of nitrogens with zero attached hydrogens (tertiary/aromatic N) is 4. The predicted octanol–water partition coefficient (Wildman–Crippen LogP) is 3.91. The molecule has 2 aromatic heterocycles. The van der Waals surface area contributed by atoms with Crippen molar-refractivity contribution in [1.82, 2.24) is 19.7 Å². The third-order valence-corrected chi connectivity index (χ3v) is 5.46. The molecule has 1 saturated carbocycles. The van der Waals surface area contributed by atoms with Gasteiger partial charge < -0.3 is 5.11 Å². The van der Waals surface area contributed by atoms with Crippen molar-refractivity contribution in [3.05, 3.63) is 64.1 Å². The standard InChI is InChI=1S/C19H22N4OS/c24-18(14-7-3-1-4-8-14)19-21-17(11-15-12-25-13-20-15)23(22-19)16-9-5-2-6-10-16/h1,3-4,7-8,12-13,16,18,24H,2,5-6,9-11H2/t18-/m0/s1. The summed E-state index contributed by atoms with van der Waals surface area (Å²) >= 11 is 1.59. The Morgan fingerprint density at radius 1 is 1.16 bits per heavy atom. The molecule has 130 valence electrons. The monoisotopic (exact) mass is 354 g/mol. The van der Waals surface area contributed by atoms with Gasteiger partial charge in [0, 0.05) is 5.38 Å². The summed E-state index contributed by atoms with van der Waals surface area (Å²) in [7, 11) is 0. The van der Waals surface area contributed by atoms with Crippen molar-refractivity contribution < 1.29 is 5.11 Å². The van der Waals surface area contributed by atoms with Gasteiger partial charge in [0.25, 0.3) is 0 Å². The normalized spacial score (nSPS) is 16.8. The van der Waals surface area contributed by atoms with Gasteiger partial charge >= 0.3 is 0 Å². The maximum Gasteiger partial charge on any atom is 0.183 e. The SMILES string of the molecule is O[C@@H](c1ccccc1)c1nc(Cc2cscn2)n(C2CCCCC2)n1. The first kappa shape index (κ1) is 16.4. The summed E-state index contributed by atoms with van der Waals surface area (Å²) in [4.78, 5) is 9.09. The summed E-state index contributed by atoms with van der Waals surface area (Å²) in [5.74, 6) is 1.39. The lowest BCUT2D eigenvalue weighted by Crippen LogP contribution is -2.17. The van der Waals surface area contributed by atoms with Crippen LogP contribution in [0.5, 0.6) is 0 Å². The zero-order valence-corrected chi connectivity index (χ0v) is 14.9. The molecule has 0 amide bonds. The molecule has 0 unspecified atom stereocenters. The smallest absolute Gasteiger partial charge is 0.183 e.